The number of nitrogens with one attached hydrogen (secondary N) is 1. The van der Waals surface area contributed by atoms with E-state index < -0.39 is 0 Å². The number of benzene rings is 2. The standard InChI is InChI=1S/C19H22Cl2N2O2/c1-13-4-6-16(10-14(13)2)22-19(25)23(8-3-9-24)12-15-5-7-17(20)18(21)11-15/h4-7,10-11,24H,3,8-9,12H2,1-2H3,(H,22,25). The van der Waals surface area contributed by atoms with Crippen LogP contribution in [0.5, 0.6) is 0 Å². The van der Waals surface area contributed by atoms with Crippen molar-refractivity contribution >= 4 is 34.9 Å². The van der Waals surface area contributed by atoms with Crippen LogP contribution in [0.2, 0.25) is 10.0 Å². The maximum Gasteiger partial charge on any atom is 0.322 e. The predicted molar refractivity (Wildman–Crippen MR) is 104 cm³/mol. The number of nitrogens with zero attached hydrogens (tertiary/aromatic N) is 1. The predicted octanol–water partition coefficient (Wildman–Crippen LogP) is 5.03. The Labute approximate surface area is 158 Å². The van der Waals surface area contributed by atoms with E-state index in [1.807, 2.05) is 38.1 Å². The summed E-state index contributed by atoms with van der Waals surface area (Å²) in [6, 6.07) is 10.9. The topological polar surface area (TPSA) is 52.6 Å². The van der Waals surface area contributed by atoms with Crippen molar-refractivity contribution in [2.45, 2.75) is 26.8 Å². The fraction of sp³-hybridized carbons (Fsp3) is 0.316. The van der Waals surface area contributed by atoms with Gasteiger partial charge in [-0.25, -0.2) is 4.79 Å². The molecule has 0 aliphatic carbocycles. The van der Waals surface area contributed by atoms with Gasteiger partial charge < -0.3 is 15.3 Å². The second kappa shape index (κ2) is 9.09. The van der Waals surface area contributed by atoms with Crippen LogP contribution in [0.3, 0.4) is 0 Å². The Hall–Kier alpha value is -1.75. The summed E-state index contributed by atoms with van der Waals surface area (Å²) in [4.78, 5) is 14.3. The molecule has 2 aromatic rings. The molecule has 0 saturated heterocycles. The van der Waals surface area contributed by atoms with Crippen molar-refractivity contribution in [3.8, 4) is 0 Å². The number of aliphatic hydroxyl groups is 1. The number of aryl methyl sites for hydroxylation is 2. The van der Waals surface area contributed by atoms with E-state index in [1.165, 1.54) is 5.56 Å². The Bertz CT molecular complexity index is 750. The molecular weight excluding hydrogens is 359 g/mol. The van der Waals surface area contributed by atoms with Gasteiger partial charge in [0, 0.05) is 25.4 Å². The van der Waals surface area contributed by atoms with Crippen LogP contribution < -0.4 is 5.32 Å². The number of rotatable bonds is 6. The van der Waals surface area contributed by atoms with Crippen molar-refractivity contribution in [2.75, 3.05) is 18.5 Å². The van der Waals surface area contributed by atoms with Gasteiger partial charge in [-0.1, -0.05) is 35.3 Å². The first-order valence-corrected chi connectivity index (χ1v) is 8.84. The van der Waals surface area contributed by atoms with Crippen LogP contribution in [0.25, 0.3) is 0 Å². The number of hydrogen-bond acceptors (Lipinski definition) is 2. The lowest BCUT2D eigenvalue weighted by Crippen LogP contribution is -2.35. The summed E-state index contributed by atoms with van der Waals surface area (Å²) in [6.45, 7) is 4.87. The average molecular weight is 381 g/mol. The molecule has 0 aromatic heterocycles. The van der Waals surface area contributed by atoms with Crippen molar-refractivity contribution in [1.29, 1.82) is 0 Å². The van der Waals surface area contributed by atoms with Crippen molar-refractivity contribution in [2.24, 2.45) is 0 Å². The van der Waals surface area contributed by atoms with E-state index >= 15 is 0 Å². The summed E-state index contributed by atoms with van der Waals surface area (Å²) in [7, 11) is 0. The van der Waals surface area contributed by atoms with Crippen molar-refractivity contribution in [1.82, 2.24) is 4.90 Å². The van der Waals surface area contributed by atoms with Gasteiger partial charge in [-0.3, -0.25) is 0 Å². The molecule has 0 unspecified atom stereocenters. The molecule has 0 saturated carbocycles. The van der Waals surface area contributed by atoms with Crippen LogP contribution >= 0.6 is 23.2 Å². The van der Waals surface area contributed by atoms with Crippen LogP contribution in [-0.2, 0) is 6.54 Å². The zero-order chi connectivity index (χ0) is 18.4. The zero-order valence-electron chi connectivity index (χ0n) is 14.4. The van der Waals surface area contributed by atoms with Gasteiger partial charge in [0.05, 0.1) is 10.0 Å². The number of anilines is 1. The molecule has 0 aliphatic rings. The van der Waals surface area contributed by atoms with Gasteiger partial charge >= 0.3 is 6.03 Å². The summed E-state index contributed by atoms with van der Waals surface area (Å²) >= 11 is 12.0. The Balaban J connectivity index is 2.12. The Morgan fingerprint density at radius 2 is 1.84 bits per heavy atom. The first-order valence-electron chi connectivity index (χ1n) is 8.08. The maximum absolute atomic E-state index is 12.6. The third-order valence-corrected chi connectivity index (χ3v) is 4.73. The SMILES string of the molecule is Cc1ccc(NC(=O)N(CCCO)Cc2ccc(Cl)c(Cl)c2)cc1C. The molecule has 2 amide bonds. The first kappa shape index (κ1) is 19.6. The molecule has 25 heavy (non-hydrogen) atoms. The number of carbonyl (C=O) groups excluding carboxylic acids is 1. The van der Waals surface area contributed by atoms with Gasteiger partial charge in [0.1, 0.15) is 0 Å². The molecule has 2 N–H and O–H groups in total. The highest BCUT2D eigenvalue weighted by Gasteiger charge is 2.15. The van der Waals surface area contributed by atoms with E-state index in [1.54, 1.807) is 17.0 Å². The minimum Gasteiger partial charge on any atom is -0.396 e. The van der Waals surface area contributed by atoms with Gasteiger partial charge in [0.2, 0.25) is 0 Å². The molecule has 134 valence electrons. The minimum absolute atomic E-state index is 0.0226. The molecule has 2 aromatic carbocycles. The molecule has 0 atom stereocenters. The van der Waals surface area contributed by atoms with E-state index in [-0.39, 0.29) is 12.6 Å². The molecule has 0 spiro atoms. The van der Waals surface area contributed by atoms with Gasteiger partial charge in [0.25, 0.3) is 0 Å². The van der Waals surface area contributed by atoms with Gasteiger partial charge in [0.15, 0.2) is 0 Å². The molecule has 0 fully saturated rings. The minimum atomic E-state index is -0.220. The van der Waals surface area contributed by atoms with Gasteiger partial charge in [-0.2, -0.15) is 0 Å². The van der Waals surface area contributed by atoms with Crippen molar-refractivity contribution in [3.05, 3.63) is 63.1 Å². The summed E-state index contributed by atoms with van der Waals surface area (Å²) in [5, 5.41) is 12.9. The van der Waals surface area contributed by atoms with Crippen LogP contribution in [0.4, 0.5) is 10.5 Å². The molecule has 6 heteroatoms. The molecule has 0 radical (unpaired) electrons. The van der Waals surface area contributed by atoms with Crippen molar-refractivity contribution in [3.63, 3.8) is 0 Å². The number of urea groups is 1. The number of halogens is 2. The monoisotopic (exact) mass is 380 g/mol. The molecule has 4 nitrogen and oxygen atoms in total. The van der Waals surface area contributed by atoms with Crippen LogP contribution in [0, 0.1) is 13.8 Å². The Kier molecular flexibility index (Phi) is 7.12. The molecule has 0 heterocycles. The quantitative estimate of drug-likeness (QED) is 0.738. The highest BCUT2D eigenvalue weighted by atomic mass is 35.5. The van der Waals surface area contributed by atoms with E-state index in [0.717, 1.165) is 16.8 Å². The van der Waals surface area contributed by atoms with E-state index in [2.05, 4.69) is 5.32 Å². The average Bonchev–Trinajstić information content (AvgIpc) is 2.58. The number of amides is 2. The summed E-state index contributed by atoms with van der Waals surface area (Å²) < 4.78 is 0. The second-order valence-electron chi connectivity index (χ2n) is 5.98. The lowest BCUT2D eigenvalue weighted by molar-refractivity contribution is 0.199. The van der Waals surface area contributed by atoms with Crippen LogP contribution in [0.15, 0.2) is 36.4 Å². The number of carbonyl (C=O) groups is 1. The fourth-order valence-electron chi connectivity index (χ4n) is 2.39. The Morgan fingerprint density at radius 1 is 1.08 bits per heavy atom. The van der Waals surface area contributed by atoms with E-state index in [4.69, 9.17) is 28.3 Å². The Morgan fingerprint density at radius 3 is 2.48 bits per heavy atom. The summed E-state index contributed by atoms with van der Waals surface area (Å²) in [6.07, 6.45) is 0.502. The third kappa shape index (κ3) is 5.63. The van der Waals surface area contributed by atoms with Gasteiger partial charge in [-0.15, -0.1) is 0 Å². The molecular formula is C19H22Cl2N2O2. The smallest absolute Gasteiger partial charge is 0.322 e. The molecule has 0 aliphatic heterocycles. The summed E-state index contributed by atoms with van der Waals surface area (Å²) in [5.74, 6) is 0. The van der Waals surface area contributed by atoms with Gasteiger partial charge in [-0.05, 0) is 61.2 Å². The largest absolute Gasteiger partial charge is 0.396 e. The number of aliphatic hydroxyl groups excluding tert-OH is 1. The molecule has 0 bridgehead atoms. The normalized spacial score (nSPS) is 10.6. The highest BCUT2D eigenvalue weighted by Crippen LogP contribution is 2.23. The number of hydrogen-bond donors (Lipinski definition) is 2. The zero-order valence-corrected chi connectivity index (χ0v) is 15.9. The van der Waals surface area contributed by atoms with Crippen molar-refractivity contribution < 1.29 is 9.90 Å². The highest BCUT2D eigenvalue weighted by molar-refractivity contribution is 6.42. The second-order valence-corrected chi connectivity index (χ2v) is 6.79. The third-order valence-electron chi connectivity index (χ3n) is 3.99. The summed E-state index contributed by atoms with van der Waals surface area (Å²) in [5.41, 5.74) is 3.91. The van der Waals surface area contributed by atoms with Crippen LogP contribution in [0.1, 0.15) is 23.1 Å². The maximum atomic E-state index is 12.6. The van der Waals surface area contributed by atoms with E-state index in [9.17, 15) is 4.79 Å². The molecule has 2 rings (SSSR count). The lowest BCUT2D eigenvalue weighted by Gasteiger charge is -2.23. The first-order chi connectivity index (χ1) is 11.9. The fourth-order valence-corrected chi connectivity index (χ4v) is 2.71. The van der Waals surface area contributed by atoms with E-state index in [0.29, 0.717) is 29.6 Å². The lowest BCUT2D eigenvalue weighted by atomic mass is 10.1. The van der Waals surface area contributed by atoms with Crippen LogP contribution in [-0.4, -0.2) is 29.2 Å².